The predicted molar refractivity (Wildman–Crippen MR) is 154 cm³/mol. The fraction of sp³-hybridized carbons (Fsp3) is 0.517. The third-order valence-electron chi connectivity index (χ3n) is 7.77. The number of hydrogen-bond acceptors (Lipinski definition) is 8. The Hall–Kier alpha value is -4.61. The van der Waals surface area contributed by atoms with Crippen LogP contribution >= 0.6 is 0 Å². The smallest absolute Gasteiger partial charge is 0.451 e. The number of nitrogens with zero attached hydrogens (tertiary/aromatic N) is 5. The van der Waals surface area contributed by atoms with Gasteiger partial charge >= 0.3 is 18.2 Å². The maximum Gasteiger partial charge on any atom is 0.451 e. The number of benzene rings is 1. The number of anilines is 2. The van der Waals surface area contributed by atoms with Crippen LogP contribution in [0.4, 0.5) is 29.6 Å². The zero-order valence-corrected chi connectivity index (χ0v) is 24.1. The Labute approximate surface area is 252 Å². The second-order valence-corrected chi connectivity index (χ2v) is 10.8. The van der Waals surface area contributed by atoms with Crippen molar-refractivity contribution in [3.8, 4) is 6.07 Å². The maximum absolute atomic E-state index is 13.8. The number of urea groups is 1. The molecule has 15 heteroatoms. The number of hydrogen-bond donors (Lipinski definition) is 4. The average Bonchev–Trinajstić information content (AvgIpc) is 2.96. The molecule has 2 aromatic rings. The highest BCUT2D eigenvalue weighted by molar-refractivity contribution is 5.86. The Morgan fingerprint density at radius 3 is 2.25 bits per heavy atom. The molecule has 4 N–H and O–H groups in total. The van der Waals surface area contributed by atoms with Crippen molar-refractivity contribution < 1.29 is 32.7 Å². The van der Waals surface area contributed by atoms with Crippen molar-refractivity contribution in [1.82, 2.24) is 25.9 Å². The number of rotatable bonds is 12. The van der Waals surface area contributed by atoms with Gasteiger partial charge in [-0.3, -0.25) is 9.59 Å². The Morgan fingerprint density at radius 1 is 0.955 bits per heavy atom. The van der Waals surface area contributed by atoms with Crippen LogP contribution in [0.2, 0.25) is 0 Å². The molecule has 0 spiro atoms. The summed E-state index contributed by atoms with van der Waals surface area (Å²) < 4.78 is 41.4. The summed E-state index contributed by atoms with van der Waals surface area (Å²) in [6, 6.07) is 9.50. The lowest BCUT2D eigenvalue weighted by Crippen LogP contribution is -2.57. The number of alkyl halides is 3. The van der Waals surface area contributed by atoms with Crippen molar-refractivity contribution in [2.24, 2.45) is 5.92 Å². The van der Waals surface area contributed by atoms with E-state index in [4.69, 9.17) is 10.4 Å². The standard InChI is InChI=1S/C29H35F3N8O4/c30-29(31,32)27-37-23(39-14-8-20(9-15-39)6-12-35-28(44)36-13-7-25(41)42)17-24(38-27)40-16-10-22(40)26(43)34-11-5-19-1-3-21(18-33)4-2-19/h1-4,17,20,22H,5-16H2,(H,34,43)(H,41,42)(H2,35,36,44). The molecule has 0 saturated carbocycles. The summed E-state index contributed by atoms with van der Waals surface area (Å²) in [6.45, 7) is 2.11. The molecule has 236 valence electrons. The van der Waals surface area contributed by atoms with E-state index in [1.807, 2.05) is 12.1 Å². The third-order valence-corrected chi connectivity index (χ3v) is 7.77. The van der Waals surface area contributed by atoms with Gasteiger partial charge in [-0.15, -0.1) is 0 Å². The van der Waals surface area contributed by atoms with Gasteiger partial charge in [-0.05, 0) is 55.7 Å². The van der Waals surface area contributed by atoms with Gasteiger partial charge in [0.25, 0.3) is 0 Å². The van der Waals surface area contributed by atoms with Crippen LogP contribution in [0.5, 0.6) is 0 Å². The number of carboxylic acid groups (broad SMARTS) is 1. The molecule has 2 aliphatic heterocycles. The normalized spacial score (nSPS) is 16.9. The van der Waals surface area contributed by atoms with E-state index in [1.165, 1.54) is 6.07 Å². The molecule has 3 heterocycles. The minimum absolute atomic E-state index is 0.0309. The lowest BCUT2D eigenvalue weighted by molar-refractivity contribution is -0.144. The number of amides is 3. The molecule has 2 saturated heterocycles. The highest BCUT2D eigenvalue weighted by Gasteiger charge is 2.40. The van der Waals surface area contributed by atoms with Crippen LogP contribution in [-0.4, -0.2) is 78.3 Å². The quantitative estimate of drug-likeness (QED) is 0.281. The van der Waals surface area contributed by atoms with Gasteiger partial charge in [0.05, 0.1) is 18.1 Å². The summed E-state index contributed by atoms with van der Waals surface area (Å²) >= 11 is 0. The molecule has 0 bridgehead atoms. The summed E-state index contributed by atoms with van der Waals surface area (Å²) in [5.41, 5.74) is 1.49. The molecule has 0 radical (unpaired) electrons. The van der Waals surface area contributed by atoms with Crippen molar-refractivity contribution in [2.75, 3.05) is 49.1 Å². The van der Waals surface area contributed by atoms with E-state index in [2.05, 4.69) is 32.0 Å². The molecule has 1 atom stereocenters. The molecule has 3 amide bonds. The van der Waals surface area contributed by atoms with Crippen molar-refractivity contribution in [2.45, 2.75) is 50.7 Å². The summed E-state index contributed by atoms with van der Waals surface area (Å²) in [6.07, 6.45) is -1.83. The second kappa shape index (κ2) is 14.7. The van der Waals surface area contributed by atoms with Gasteiger partial charge in [-0.1, -0.05) is 12.1 Å². The number of piperidine rings is 1. The number of nitriles is 1. The molecule has 1 aromatic carbocycles. The van der Waals surface area contributed by atoms with Crippen molar-refractivity contribution in [3.05, 3.63) is 47.3 Å². The van der Waals surface area contributed by atoms with Crippen molar-refractivity contribution in [1.29, 1.82) is 5.26 Å². The van der Waals surface area contributed by atoms with E-state index in [0.29, 0.717) is 70.4 Å². The number of carbonyl (C=O) groups is 3. The number of aromatic nitrogens is 2. The first kappa shape index (κ1) is 32.3. The highest BCUT2D eigenvalue weighted by Crippen LogP contribution is 2.34. The number of halogens is 3. The Kier molecular flexibility index (Phi) is 10.8. The molecule has 1 aromatic heterocycles. The fourth-order valence-electron chi connectivity index (χ4n) is 5.17. The van der Waals surface area contributed by atoms with Gasteiger partial charge in [0.2, 0.25) is 11.7 Å². The summed E-state index contributed by atoms with van der Waals surface area (Å²) in [4.78, 5) is 46.1. The van der Waals surface area contributed by atoms with E-state index < -0.39 is 30.0 Å². The van der Waals surface area contributed by atoms with Gasteiger partial charge in [0, 0.05) is 45.3 Å². The van der Waals surface area contributed by atoms with Crippen LogP contribution in [0.15, 0.2) is 30.3 Å². The van der Waals surface area contributed by atoms with Gasteiger partial charge < -0.3 is 30.9 Å². The van der Waals surface area contributed by atoms with E-state index in [9.17, 15) is 27.6 Å². The number of carbonyl (C=O) groups excluding carboxylic acids is 2. The molecule has 1 unspecified atom stereocenters. The zero-order chi connectivity index (χ0) is 31.7. The molecule has 4 rings (SSSR count). The first-order valence-corrected chi connectivity index (χ1v) is 14.5. The molecule has 2 fully saturated rings. The zero-order valence-electron chi connectivity index (χ0n) is 24.1. The summed E-state index contributed by atoms with van der Waals surface area (Å²) in [5, 5.41) is 25.6. The first-order valence-electron chi connectivity index (χ1n) is 14.5. The second-order valence-electron chi connectivity index (χ2n) is 10.8. The molecular weight excluding hydrogens is 581 g/mol. The van der Waals surface area contributed by atoms with Crippen LogP contribution in [0, 0.1) is 17.2 Å². The van der Waals surface area contributed by atoms with Gasteiger partial charge in [0.15, 0.2) is 0 Å². The van der Waals surface area contributed by atoms with Crippen LogP contribution in [0.1, 0.15) is 49.1 Å². The monoisotopic (exact) mass is 616 g/mol. The van der Waals surface area contributed by atoms with Crippen molar-refractivity contribution >= 4 is 29.5 Å². The highest BCUT2D eigenvalue weighted by atomic mass is 19.4. The molecule has 12 nitrogen and oxygen atoms in total. The van der Waals surface area contributed by atoms with Gasteiger partial charge in [-0.2, -0.15) is 18.4 Å². The SMILES string of the molecule is N#Cc1ccc(CCNC(=O)C2CCN2c2cc(N3CCC(CCNC(=O)NCCC(=O)O)CC3)nc(C(F)(F)F)n2)cc1. The Morgan fingerprint density at radius 2 is 1.64 bits per heavy atom. The van der Waals surface area contributed by atoms with Gasteiger partial charge in [0.1, 0.15) is 17.7 Å². The predicted octanol–water partition coefficient (Wildman–Crippen LogP) is 2.69. The molecule has 0 aliphatic carbocycles. The van der Waals surface area contributed by atoms with Crippen molar-refractivity contribution in [3.63, 3.8) is 0 Å². The minimum atomic E-state index is -4.76. The third kappa shape index (κ3) is 8.95. The topological polar surface area (TPSA) is 164 Å². The Bertz CT molecular complexity index is 1360. The lowest BCUT2D eigenvalue weighted by atomic mass is 9.93. The minimum Gasteiger partial charge on any atom is -0.481 e. The molecular formula is C29H35F3N8O4. The number of aliphatic carboxylic acids is 1. The fourth-order valence-corrected chi connectivity index (χ4v) is 5.17. The molecule has 44 heavy (non-hydrogen) atoms. The first-order chi connectivity index (χ1) is 21.0. The largest absolute Gasteiger partial charge is 0.481 e. The summed E-state index contributed by atoms with van der Waals surface area (Å²) in [5.74, 6) is -2.08. The van der Waals surface area contributed by atoms with Crippen LogP contribution in [-0.2, 0) is 22.2 Å². The van der Waals surface area contributed by atoms with E-state index in [0.717, 1.165) is 5.56 Å². The van der Waals surface area contributed by atoms with E-state index in [1.54, 1.807) is 21.9 Å². The average molecular weight is 617 g/mol. The van der Waals surface area contributed by atoms with Crippen LogP contribution in [0.25, 0.3) is 0 Å². The van der Waals surface area contributed by atoms with E-state index >= 15 is 0 Å². The number of carboxylic acids is 1. The number of nitrogens with one attached hydrogen (secondary N) is 3. The van der Waals surface area contributed by atoms with Crippen LogP contribution in [0.3, 0.4) is 0 Å². The maximum atomic E-state index is 13.8. The summed E-state index contributed by atoms with van der Waals surface area (Å²) in [7, 11) is 0. The van der Waals surface area contributed by atoms with Crippen LogP contribution < -0.4 is 25.8 Å². The molecule has 2 aliphatic rings. The Balaban J connectivity index is 1.31. The lowest BCUT2D eigenvalue weighted by Gasteiger charge is -2.41. The van der Waals surface area contributed by atoms with E-state index in [-0.39, 0.29) is 36.4 Å². The van der Waals surface area contributed by atoms with Gasteiger partial charge in [-0.25, -0.2) is 14.8 Å².